The van der Waals surface area contributed by atoms with E-state index in [1.54, 1.807) is 4.90 Å². The van der Waals surface area contributed by atoms with Crippen molar-refractivity contribution in [2.24, 2.45) is 5.92 Å². The number of nitrogens with one attached hydrogen (secondary N) is 1. The number of carbonyl (C=O) groups is 2. The molecule has 1 heterocycles. The predicted molar refractivity (Wildman–Crippen MR) is 89.8 cm³/mol. The molecule has 1 saturated carbocycles. The second-order valence-corrected chi connectivity index (χ2v) is 7.42. The Bertz CT molecular complexity index is 687. The minimum Gasteiger partial charge on any atom is -0.339 e. The molecule has 1 saturated heterocycles. The lowest BCUT2D eigenvalue weighted by atomic mass is 10.1. The number of rotatable bonds is 3. The monoisotopic (exact) mass is 418 g/mol. The summed E-state index contributed by atoms with van der Waals surface area (Å²) < 4.78 is 38.8. The lowest BCUT2D eigenvalue weighted by molar-refractivity contribution is -0.138. The van der Waals surface area contributed by atoms with Gasteiger partial charge in [-0.3, -0.25) is 9.59 Å². The van der Waals surface area contributed by atoms with E-state index in [0.717, 1.165) is 31.7 Å². The summed E-state index contributed by atoms with van der Waals surface area (Å²) >= 11 is 2.87. The number of likely N-dealkylation sites (tertiary alicyclic amines) is 1. The topological polar surface area (TPSA) is 49.4 Å². The van der Waals surface area contributed by atoms with E-state index in [1.807, 2.05) is 0 Å². The second kappa shape index (κ2) is 6.97. The van der Waals surface area contributed by atoms with Gasteiger partial charge in [-0.1, -0.05) is 28.8 Å². The first-order chi connectivity index (χ1) is 11.8. The van der Waals surface area contributed by atoms with Crippen LogP contribution >= 0.6 is 15.9 Å². The van der Waals surface area contributed by atoms with Gasteiger partial charge in [0.15, 0.2) is 0 Å². The average molecular weight is 419 g/mol. The molecule has 25 heavy (non-hydrogen) atoms. The summed E-state index contributed by atoms with van der Waals surface area (Å²) in [6.45, 7) is 0.345. The van der Waals surface area contributed by atoms with Crippen molar-refractivity contribution in [3.63, 3.8) is 0 Å². The number of benzene rings is 1. The maximum Gasteiger partial charge on any atom is 0.417 e. The van der Waals surface area contributed by atoms with Crippen molar-refractivity contribution in [3.05, 3.63) is 28.2 Å². The van der Waals surface area contributed by atoms with E-state index in [4.69, 9.17) is 0 Å². The van der Waals surface area contributed by atoms with Gasteiger partial charge in [0.25, 0.3) is 0 Å². The minimum absolute atomic E-state index is 0.0427. The number of nitrogens with zero attached hydrogens (tertiary/aromatic N) is 1. The third-order valence-corrected chi connectivity index (χ3v) is 5.53. The fourth-order valence-corrected chi connectivity index (χ4v) is 4.01. The van der Waals surface area contributed by atoms with E-state index in [9.17, 15) is 22.8 Å². The molecule has 0 unspecified atom stereocenters. The molecule has 1 aliphatic heterocycles. The molecule has 136 valence electrons. The first-order valence-electron chi connectivity index (χ1n) is 8.23. The van der Waals surface area contributed by atoms with Crippen LogP contribution in [0.25, 0.3) is 0 Å². The SMILES string of the molecule is O=C(Nc1ccc(Br)c(C(F)(F)F)c1)[C@H]1CC(=O)N(C2CCCC2)C1. The van der Waals surface area contributed by atoms with Gasteiger partial charge in [0.05, 0.1) is 11.5 Å². The third kappa shape index (κ3) is 3.99. The van der Waals surface area contributed by atoms with Crippen LogP contribution in [0.15, 0.2) is 22.7 Å². The fraction of sp³-hybridized carbons (Fsp3) is 0.529. The van der Waals surface area contributed by atoms with Crippen LogP contribution in [-0.4, -0.2) is 29.3 Å². The Labute approximate surface area is 151 Å². The lowest BCUT2D eigenvalue weighted by Gasteiger charge is -2.23. The maximum absolute atomic E-state index is 12.9. The molecule has 0 bridgehead atoms. The number of halogens is 4. The first kappa shape index (κ1) is 18.2. The summed E-state index contributed by atoms with van der Waals surface area (Å²) in [4.78, 5) is 26.3. The molecular weight excluding hydrogens is 401 g/mol. The quantitative estimate of drug-likeness (QED) is 0.799. The van der Waals surface area contributed by atoms with Crippen molar-refractivity contribution in [1.82, 2.24) is 4.90 Å². The Morgan fingerprint density at radius 2 is 1.92 bits per heavy atom. The zero-order valence-corrected chi connectivity index (χ0v) is 15.0. The largest absolute Gasteiger partial charge is 0.417 e. The normalized spacial score (nSPS) is 21.8. The minimum atomic E-state index is -4.51. The van der Waals surface area contributed by atoms with E-state index in [0.29, 0.717) is 6.54 Å². The molecule has 1 atom stereocenters. The molecule has 3 rings (SSSR count). The van der Waals surface area contributed by atoms with Crippen molar-refractivity contribution < 1.29 is 22.8 Å². The molecule has 1 aliphatic carbocycles. The number of anilines is 1. The Balaban J connectivity index is 1.68. The molecule has 2 aliphatic rings. The van der Waals surface area contributed by atoms with E-state index in [-0.39, 0.29) is 28.5 Å². The van der Waals surface area contributed by atoms with Gasteiger partial charge < -0.3 is 10.2 Å². The van der Waals surface area contributed by atoms with E-state index >= 15 is 0 Å². The first-order valence-corrected chi connectivity index (χ1v) is 9.02. The van der Waals surface area contributed by atoms with E-state index < -0.39 is 23.6 Å². The van der Waals surface area contributed by atoms with Gasteiger partial charge in [-0.05, 0) is 31.0 Å². The van der Waals surface area contributed by atoms with Crippen LogP contribution in [0.4, 0.5) is 18.9 Å². The summed E-state index contributed by atoms with van der Waals surface area (Å²) in [7, 11) is 0. The van der Waals surface area contributed by atoms with Crippen molar-refractivity contribution in [3.8, 4) is 0 Å². The van der Waals surface area contributed by atoms with Gasteiger partial charge in [-0.2, -0.15) is 13.2 Å². The van der Waals surface area contributed by atoms with Gasteiger partial charge in [-0.25, -0.2) is 0 Å². The molecular formula is C17H18BrF3N2O2. The summed E-state index contributed by atoms with van der Waals surface area (Å²) in [5.41, 5.74) is -0.771. The molecule has 4 nitrogen and oxygen atoms in total. The standard InChI is InChI=1S/C17H18BrF3N2O2/c18-14-6-5-11(8-13(14)17(19,20)21)22-16(25)10-7-15(24)23(9-10)12-3-1-2-4-12/h5-6,8,10,12H,1-4,7,9H2,(H,22,25)/t10-/m0/s1. The molecule has 8 heteroatoms. The smallest absolute Gasteiger partial charge is 0.339 e. The fourth-order valence-electron chi connectivity index (χ4n) is 3.54. The van der Waals surface area contributed by atoms with Crippen LogP contribution in [0.2, 0.25) is 0 Å². The predicted octanol–water partition coefficient (Wildman–Crippen LogP) is 4.20. The van der Waals surface area contributed by atoms with Crippen LogP contribution in [0, 0.1) is 5.92 Å². The van der Waals surface area contributed by atoms with Crippen molar-refractivity contribution >= 4 is 33.4 Å². The van der Waals surface area contributed by atoms with Crippen LogP contribution in [0.1, 0.15) is 37.7 Å². The van der Waals surface area contributed by atoms with Gasteiger partial charge >= 0.3 is 6.18 Å². The van der Waals surface area contributed by atoms with Crippen LogP contribution in [0.3, 0.4) is 0 Å². The number of hydrogen-bond donors (Lipinski definition) is 1. The van der Waals surface area contributed by atoms with E-state index in [1.165, 1.54) is 12.1 Å². The van der Waals surface area contributed by atoms with Gasteiger partial charge in [0, 0.05) is 29.2 Å². The van der Waals surface area contributed by atoms with Gasteiger partial charge in [-0.15, -0.1) is 0 Å². The van der Waals surface area contributed by atoms with E-state index in [2.05, 4.69) is 21.2 Å². The number of alkyl halides is 3. The Hall–Kier alpha value is -1.57. The molecule has 0 aromatic heterocycles. The highest BCUT2D eigenvalue weighted by atomic mass is 79.9. The molecule has 0 spiro atoms. The molecule has 1 N–H and O–H groups in total. The Morgan fingerprint density at radius 1 is 1.24 bits per heavy atom. The van der Waals surface area contributed by atoms with Gasteiger partial charge in [0.1, 0.15) is 0 Å². The zero-order chi connectivity index (χ0) is 18.2. The molecule has 2 amide bonds. The molecule has 1 aromatic rings. The van der Waals surface area contributed by atoms with Gasteiger partial charge in [0.2, 0.25) is 11.8 Å². The third-order valence-electron chi connectivity index (χ3n) is 4.83. The average Bonchev–Trinajstić information content (AvgIpc) is 3.17. The van der Waals surface area contributed by atoms with Crippen LogP contribution in [-0.2, 0) is 15.8 Å². The Kier molecular flexibility index (Phi) is 5.09. The molecule has 2 fully saturated rings. The summed E-state index contributed by atoms with van der Waals surface area (Å²) in [5.74, 6) is -0.978. The lowest BCUT2D eigenvalue weighted by Crippen LogP contribution is -2.35. The molecule has 1 aromatic carbocycles. The Morgan fingerprint density at radius 3 is 2.56 bits per heavy atom. The highest BCUT2D eigenvalue weighted by molar-refractivity contribution is 9.10. The zero-order valence-electron chi connectivity index (χ0n) is 13.4. The number of amides is 2. The molecule has 0 radical (unpaired) electrons. The highest BCUT2D eigenvalue weighted by Gasteiger charge is 2.39. The maximum atomic E-state index is 12.9. The second-order valence-electron chi connectivity index (χ2n) is 6.57. The van der Waals surface area contributed by atoms with Crippen molar-refractivity contribution in [2.45, 2.75) is 44.3 Å². The summed E-state index contributed by atoms with van der Waals surface area (Å²) in [5, 5.41) is 2.52. The highest BCUT2D eigenvalue weighted by Crippen LogP contribution is 2.36. The van der Waals surface area contributed by atoms with Crippen molar-refractivity contribution in [2.75, 3.05) is 11.9 Å². The van der Waals surface area contributed by atoms with Crippen molar-refractivity contribution in [1.29, 1.82) is 0 Å². The summed E-state index contributed by atoms with van der Waals surface area (Å²) in [6.07, 6.45) is -0.300. The number of carbonyl (C=O) groups excluding carboxylic acids is 2. The summed E-state index contributed by atoms with van der Waals surface area (Å²) in [6, 6.07) is 3.76. The van der Waals surface area contributed by atoms with Crippen LogP contribution < -0.4 is 5.32 Å². The van der Waals surface area contributed by atoms with Crippen LogP contribution in [0.5, 0.6) is 0 Å². The number of hydrogen-bond acceptors (Lipinski definition) is 2.